The van der Waals surface area contributed by atoms with Gasteiger partial charge in [-0.3, -0.25) is 0 Å². The highest BCUT2D eigenvalue weighted by Gasteiger charge is 2.28. The number of hydrogen-bond donors (Lipinski definition) is 1. The third-order valence-corrected chi connectivity index (χ3v) is 4.93. The molecule has 3 rings (SSSR count). The van der Waals surface area contributed by atoms with Crippen molar-refractivity contribution in [1.82, 2.24) is 0 Å². The quantitative estimate of drug-likeness (QED) is 0.927. The highest BCUT2D eigenvalue weighted by molar-refractivity contribution is 7.99. The molecule has 0 saturated carbocycles. The Morgan fingerprint density at radius 1 is 1.29 bits per heavy atom. The molecule has 0 radical (unpaired) electrons. The number of hydrogen-bond acceptors (Lipinski definition) is 3. The Bertz CT molecular complexity index is 630. The molecular weight excluding hydrogens is 311 g/mol. The predicted octanol–water partition coefficient (Wildman–Crippen LogP) is 3.94. The van der Waals surface area contributed by atoms with Crippen molar-refractivity contribution in [3.63, 3.8) is 0 Å². The summed E-state index contributed by atoms with van der Waals surface area (Å²) in [6.45, 7) is 0. The van der Waals surface area contributed by atoms with Gasteiger partial charge in [-0.1, -0.05) is 29.8 Å². The smallest absolute Gasteiger partial charge is 0.134 e. The normalized spacial score (nSPS) is 18.7. The minimum absolute atomic E-state index is 0.138. The van der Waals surface area contributed by atoms with E-state index < -0.39 is 11.9 Å². The molecule has 0 bridgehead atoms. The lowest BCUT2D eigenvalue weighted by atomic mass is 10.0. The molecule has 1 aliphatic rings. The number of halogens is 2. The van der Waals surface area contributed by atoms with E-state index in [2.05, 4.69) is 0 Å². The van der Waals surface area contributed by atoms with Crippen LogP contribution in [-0.4, -0.2) is 23.1 Å². The molecule has 110 valence electrons. The molecule has 0 spiro atoms. The molecule has 2 nitrogen and oxygen atoms in total. The van der Waals surface area contributed by atoms with Gasteiger partial charge in [-0.15, -0.1) is 11.8 Å². The van der Waals surface area contributed by atoms with Gasteiger partial charge in [-0.05, 0) is 24.3 Å². The van der Waals surface area contributed by atoms with E-state index in [9.17, 15) is 9.50 Å². The van der Waals surface area contributed by atoms with Gasteiger partial charge in [-0.25, -0.2) is 4.39 Å². The molecule has 2 atom stereocenters. The SMILES string of the molecule is OC(Cc1c(F)cccc1Cl)C1CSc2ccccc2O1. The molecule has 0 aliphatic carbocycles. The van der Waals surface area contributed by atoms with Gasteiger partial charge < -0.3 is 9.84 Å². The summed E-state index contributed by atoms with van der Waals surface area (Å²) in [5.74, 6) is 0.993. The molecule has 0 saturated heterocycles. The van der Waals surface area contributed by atoms with Crippen LogP contribution in [0, 0.1) is 5.82 Å². The Morgan fingerprint density at radius 2 is 2.10 bits per heavy atom. The molecule has 5 heteroatoms. The summed E-state index contributed by atoms with van der Waals surface area (Å²) in [6.07, 6.45) is -1.04. The van der Waals surface area contributed by atoms with Gasteiger partial charge in [0.15, 0.2) is 0 Å². The number of rotatable bonds is 3. The Hall–Kier alpha value is -1.23. The number of ether oxygens (including phenoxy) is 1. The number of thioether (sulfide) groups is 1. The van der Waals surface area contributed by atoms with E-state index in [4.69, 9.17) is 16.3 Å². The fraction of sp³-hybridized carbons (Fsp3) is 0.250. The van der Waals surface area contributed by atoms with Gasteiger partial charge in [0.1, 0.15) is 17.7 Å². The fourth-order valence-corrected chi connectivity index (χ4v) is 3.60. The Balaban J connectivity index is 1.74. The number of fused-ring (bicyclic) bond motifs is 1. The van der Waals surface area contributed by atoms with Crippen LogP contribution in [-0.2, 0) is 6.42 Å². The van der Waals surface area contributed by atoms with E-state index in [1.807, 2.05) is 24.3 Å². The fourth-order valence-electron chi connectivity index (χ4n) is 2.29. The van der Waals surface area contributed by atoms with E-state index in [0.717, 1.165) is 10.6 Å². The summed E-state index contributed by atoms with van der Waals surface area (Å²) in [4.78, 5) is 1.06. The first-order valence-corrected chi connectivity index (χ1v) is 8.01. The van der Waals surface area contributed by atoms with Crippen LogP contribution in [0.2, 0.25) is 5.02 Å². The van der Waals surface area contributed by atoms with Crippen LogP contribution < -0.4 is 4.74 Å². The minimum atomic E-state index is -0.805. The van der Waals surface area contributed by atoms with Crippen molar-refractivity contribution < 1.29 is 14.2 Å². The third kappa shape index (κ3) is 3.18. The second-order valence-electron chi connectivity index (χ2n) is 4.89. The largest absolute Gasteiger partial charge is 0.486 e. The molecule has 2 unspecified atom stereocenters. The highest BCUT2D eigenvalue weighted by atomic mass is 35.5. The van der Waals surface area contributed by atoms with Crippen LogP contribution in [0.4, 0.5) is 4.39 Å². The Labute approximate surface area is 131 Å². The van der Waals surface area contributed by atoms with Gasteiger partial charge in [0.05, 0.1) is 6.10 Å². The second-order valence-corrected chi connectivity index (χ2v) is 6.35. The molecule has 0 amide bonds. The van der Waals surface area contributed by atoms with Crippen LogP contribution in [0.1, 0.15) is 5.56 Å². The molecule has 21 heavy (non-hydrogen) atoms. The van der Waals surface area contributed by atoms with Gasteiger partial charge in [0.25, 0.3) is 0 Å². The molecule has 1 heterocycles. The lowest BCUT2D eigenvalue weighted by Crippen LogP contribution is -2.37. The average molecular weight is 325 g/mol. The first-order chi connectivity index (χ1) is 10.1. The van der Waals surface area contributed by atoms with E-state index in [1.165, 1.54) is 6.07 Å². The molecule has 0 aromatic heterocycles. The topological polar surface area (TPSA) is 29.5 Å². The molecule has 2 aromatic carbocycles. The standard InChI is InChI=1S/C16H14ClFO2S/c17-11-4-3-5-12(18)10(11)8-13(19)15-9-21-16-7-2-1-6-14(16)20-15/h1-7,13,15,19H,8-9H2. The number of para-hydroxylation sites is 1. The van der Waals surface area contributed by atoms with Crippen molar-refractivity contribution in [2.24, 2.45) is 0 Å². The number of aliphatic hydroxyl groups is 1. The van der Waals surface area contributed by atoms with E-state index in [1.54, 1.807) is 23.9 Å². The average Bonchev–Trinajstić information content (AvgIpc) is 2.50. The van der Waals surface area contributed by atoms with Crippen molar-refractivity contribution in [3.8, 4) is 5.75 Å². The van der Waals surface area contributed by atoms with Crippen molar-refractivity contribution >= 4 is 23.4 Å². The van der Waals surface area contributed by atoms with Crippen LogP contribution in [0.3, 0.4) is 0 Å². The summed E-state index contributed by atoms with van der Waals surface area (Å²) in [5.41, 5.74) is 0.333. The number of aliphatic hydroxyl groups excluding tert-OH is 1. The van der Waals surface area contributed by atoms with Gasteiger partial charge >= 0.3 is 0 Å². The van der Waals surface area contributed by atoms with Crippen molar-refractivity contribution in [1.29, 1.82) is 0 Å². The number of benzene rings is 2. The molecular formula is C16H14ClFO2S. The summed E-state index contributed by atoms with van der Waals surface area (Å²) in [5, 5.41) is 10.7. The second kappa shape index (κ2) is 6.26. The first-order valence-electron chi connectivity index (χ1n) is 6.64. The van der Waals surface area contributed by atoms with E-state index in [-0.39, 0.29) is 12.5 Å². The Morgan fingerprint density at radius 3 is 2.90 bits per heavy atom. The minimum Gasteiger partial charge on any atom is -0.486 e. The lowest BCUT2D eigenvalue weighted by molar-refractivity contribution is 0.0463. The molecule has 1 N–H and O–H groups in total. The summed E-state index contributed by atoms with van der Waals surface area (Å²) >= 11 is 7.63. The highest BCUT2D eigenvalue weighted by Crippen LogP contribution is 2.36. The summed E-state index contributed by atoms with van der Waals surface area (Å²) in [6, 6.07) is 12.2. The van der Waals surface area contributed by atoms with Crippen LogP contribution in [0.25, 0.3) is 0 Å². The summed E-state index contributed by atoms with van der Waals surface area (Å²) < 4.78 is 19.6. The van der Waals surface area contributed by atoms with Crippen LogP contribution >= 0.6 is 23.4 Å². The van der Waals surface area contributed by atoms with Crippen molar-refractivity contribution in [3.05, 3.63) is 58.9 Å². The molecule has 2 aromatic rings. The summed E-state index contributed by atoms with van der Waals surface area (Å²) in [7, 11) is 0. The maximum atomic E-state index is 13.8. The molecule has 1 aliphatic heterocycles. The Kier molecular flexibility index (Phi) is 4.38. The van der Waals surface area contributed by atoms with Gasteiger partial charge in [0.2, 0.25) is 0 Å². The predicted molar refractivity (Wildman–Crippen MR) is 82.7 cm³/mol. The zero-order valence-corrected chi connectivity index (χ0v) is 12.7. The lowest BCUT2D eigenvalue weighted by Gasteiger charge is -2.29. The van der Waals surface area contributed by atoms with Gasteiger partial charge in [0, 0.05) is 27.7 Å². The maximum absolute atomic E-state index is 13.8. The van der Waals surface area contributed by atoms with Crippen LogP contribution in [0.15, 0.2) is 47.4 Å². The molecule has 0 fully saturated rings. The first kappa shape index (κ1) is 14.7. The zero-order chi connectivity index (χ0) is 14.8. The van der Waals surface area contributed by atoms with Crippen molar-refractivity contribution in [2.75, 3.05) is 5.75 Å². The van der Waals surface area contributed by atoms with Gasteiger partial charge in [-0.2, -0.15) is 0 Å². The maximum Gasteiger partial charge on any atom is 0.134 e. The van der Waals surface area contributed by atoms with Crippen molar-refractivity contribution in [2.45, 2.75) is 23.5 Å². The van der Waals surface area contributed by atoms with E-state index >= 15 is 0 Å². The zero-order valence-electron chi connectivity index (χ0n) is 11.1. The van der Waals surface area contributed by atoms with E-state index in [0.29, 0.717) is 16.3 Å². The monoisotopic (exact) mass is 324 g/mol. The third-order valence-electron chi connectivity index (χ3n) is 3.43. The van der Waals surface area contributed by atoms with Crippen LogP contribution in [0.5, 0.6) is 5.75 Å².